The van der Waals surface area contributed by atoms with Crippen LogP contribution in [0.4, 0.5) is 0 Å². The largest absolute Gasteiger partial charge is 0.469 e. The molecule has 0 aliphatic carbocycles. The van der Waals surface area contributed by atoms with Crippen LogP contribution in [0.5, 0.6) is 0 Å². The molecule has 0 radical (unpaired) electrons. The van der Waals surface area contributed by atoms with Gasteiger partial charge in [0.15, 0.2) is 0 Å². The quantitative estimate of drug-likeness (QED) is 0.472. The Hall–Kier alpha value is -1.04. The summed E-state index contributed by atoms with van der Waals surface area (Å²) >= 11 is 0. The van der Waals surface area contributed by atoms with Gasteiger partial charge in [-0.05, 0) is 12.8 Å². The minimum absolute atomic E-state index is 0.0365. The fraction of sp³-hybridized carbons (Fsp3) is 0.778. The SMILES string of the molecule is BN1C(=O)CC(O)C1CCCC(=O)OC. The Morgan fingerprint density at radius 1 is 1.73 bits per heavy atom. The third-order valence-corrected chi connectivity index (χ3v) is 2.83. The topological polar surface area (TPSA) is 66.8 Å². The van der Waals surface area contributed by atoms with Crippen LogP contribution in [0.25, 0.3) is 0 Å². The highest BCUT2D eigenvalue weighted by Gasteiger charge is 2.34. The molecular formula is C9H16BNO4. The maximum atomic E-state index is 11.2. The molecule has 0 aromatic heterocycles. The van der Waals surface area contributed by atoms with Gasteiger partial charge in [0.05, 0.1) is 19.6 Å². The molecule has 1 amide bonds. The first-order chi connectivity index (χ1) is 7.06. The van der Waals surface area contributed by atoms with E-state index in [4.69, 9.17) is 0 Å². The van der Waals surface area contributed by atoms with Crippen molar-refractivity contribution in [2.24, 2.45) is 0 Å². The summed E-state index contributed by atoms with van der Waals surface area (Å²) < 4.78 is 4.51. The Bertz CT molecular complexity index is 258. The van der Waals surface area contributed by atoms with E-state index in [0.29, 0.717) is 19.3 Å². The average molecular weight is 213 g/mol. The highest BCUT2D eigenvalue weighted by molar-refractivity contribution is 6.15. The molecule has 84 valence electrons. The highest BCUT2D eigenvalue weighted by atomic mass is 16.5. The monoisotopic (exact) mass is 213 g/mol. The maximum absolute atomic E-state index is 11.2. The van der Waals surface area contributed by atoms with E-state index in [9.17, 15) is 14.7 Å². The van der Waals surface area contributed by atoms with E-state index in [0.717, 1.165) is 0 Å². The Morgan fingerprint density at radius 3 is 2.87 bits per heavy atom. The van der Waals surface area contributed by atoms with Gasteiger partial charge in [0.25, 0.3) is 0 Å². The summed E-state index contributed by atoms with van der Waals surface area (Å²) in [5.41, 5.74) is 0. The van der Waals surface area contributed by atoms with E-state index in [1.54, 1.807) is 12.8 Å². The molecule has 1 aliphatic heterocycles. The third-order valence-electron chi connectivity index (χ3n) is 2.83. The molecular weight excluding hydrogens is 197 g/mol. The van der Waals surface area contributed by atoms with Gasteiger partial charge in [0.2, 0.25) is 13.9 Å². The summed E-state index contributed by atoms with van der Waals surface area (Å²) in [6.45, 7) is 0. The van der Waals surface area contributed by atoms with Crippen LogP contribution in [0.1, 0.15) is 25.7 Å². The number of aliphatic hydroxyl groups is 1. The summed E-state index contributed by atoms with van der Waals surface area (Å²) in [5, 5.41) is 9.57. The summed E-state index contributed by atoms with van der Waals surface area (Å²) in [5.74, 6) is -0.290. The Balaban J connectivity index is 2.32. The van der Waals surface area contributed by atoms with Crippen molar-refractivity contribution in [3.05, 3.63) is 0 Å². The Morgan fingerprint density at radius 2 is 2.40 bits per heavy atom. The predicted octanol–water partition coefficient (Wildman–Crippen LogP) is -1.16. The zero-order chi connectivity index (χ0) is 11.4. The first-order valence-electron chi connectivity index (χ1n) is 5.06. The van der Waals surface area contributed by atoms with Gasteiger partial charge in [-0.2, -0.15) is 0 Å². The second kappa shape index (κ2) is 5.16. The van der Waals surface area contributed by atoms with Crippen molar-refractivity contribution in [2.75, 3.05) is 7.11 Å². The number of aliphatic hydroxyl groups excluding tert-OH is 1. The second-order valence-electron chi connectivity index (χ2n) is 3.81. The zero-order valence-electron chi connectivity index (χ0n) is 9.10. The van der Waals surface area contributed by atoms with E-state index in [1.165, 1.54) is 7.11 Å². The lowest BCUT2D eigenvalue weighted by molar-refractivity contribution is -0.140. The number of amides is 1. The van der Waals surface area contributed by atoms with Crippen LogP contribution >= 0.6 is 0 Å². The molecule has 6 heteroatoms. The summed E-state index contributed by atoms with van der Waals surface area (Å²) in [4.78, 5) is 23.6. The first kappa shape index (κ1) is 12.0. The average Bonchev–Trinajstić information content (AvgIpc) is 2.44. The van der Waals surface area contributed by atoms with Gasteiger partial charge in [-0.1, -0.05) is 0 Å². The Kier molecular flexibility index (Phi) is 4.14. The second-order valence-corrected chi connectivity index (χ2v) is 3.81. The van der Waals surface area contributed by atoms with Crippen LogP contribution in [0.2, 0.25) is 0 Å². The Labute approximate surface area is 89.8 Å². The molecule has 1 rings (SSSR count). The fourth-order valence-electron chi connectivity index (χ4n) is 1.85. The molecule has 15 heavy (non-hydrogen) atoms. The number of esters is 1. The minimum atomic E-state index is -0.597. The normalized spacial score (nSPS) is 25.7. The van der Waals surface area contributed by atoms with Crippen LogP contribution in [0.15, 0.2) is 0 Å². The summed E-state index contributed by atoms with van der Waals surface area (Å²) in [7, 11) is 3.03. The van der Waals surface area contributed by atoms with E-state index in [2.05, 4.69) is 4.74 Å². The number of carbonyl (C=O) groups excluding carboxylic acids is 2. The van der Waals surface area contributed by atoms with Crippen molar-refractivity contribution in [1.82, 2.24) is 4.81 Å². The molecule has 1 aliphatic rings. The fourth-order valence-corrected chi connectivity index (χ4v) is 1.85. The van der Waals surface area contributed by atoms with Gasteiger partial charge >= 0.3 is 5.97 Å². The van der Waals surface area contributed by atoms with E-state index >= 15 is 0 Å². The first-order valence-corrected chi connectivity index (χ1v) is 5.06. The molecule has 0 saturated carbocycles. The molecule has 5 nitrogen and oxygen atoms in total. The van der Waals surface area contributed by atoms with Gasteiger partial charge in [-0.25, -0.2) is 0 Å². The smallest absolute Gasteiger partial charge is 0.305 e. The van der Waals surface area contributed by atoms with Gasteiger partial charge in [-0.15, -0.1) is 0 Å². The lowest BCUT2D eigenvalue weighted by Gasteiger charge is -2.22. The van der Waals surface area contributed by atoms with Crippen LogP contribution in [0, 0.1) is 0 Å². The molecule has 0 aromatic carbocycles. The lowest BCUT2D eigenvalue weighted by Crippen LogP contribution is -2.34. The van der Waals surface area contributed by atoms with E-state index < -0.39 is 6.10 Å². The van der Waals surface area contributed by atoms with Crippen molar-refractivity contribution < 1.29 is 19.4 Å². The van der Waals surface area contributed by atoms with Crippen LogP contribution in [-0.4, -0.2) is 49.0 Å². The van der Waals surface area contributed by atoms with Crippen LogP contribution in [0.3, 0.4) is 0 Å². The number of hydrogen-bond acceptors (Lipinski definition) is 4. The van der Waals surface area contributed by atoms with Crippen LogP contribution < -0.4 is 0 Å². The van der Waals surface area contributed by atoms with Gasteiger partial charge in [0.1, 0.15) is 0 Å². The van der Waals surface area contributed by atoms with Crippen molar-refractivity contribution in [2.45, 2.75) is 37.8 Å². The van der Waals surface area contributed by atoms with Crippen molar-refractivity contribution in [3.8, 4) is 0 Å². The highest BCUT2D eigenvalue weighted by Crippen LogP contribution is 2.21. The number of ether oxygens (including phenoxy) is 1. The molecule has 1 N–H and O–H groups in total. The lowest BCUT2D eigenvalue weighted by atomic mass is 10.0. The molecule has 2 unspecified atom stereocenters. The number of hydrogen-bond donors (Lipinski definition) is 1. The molecule has 1 saturated heterocycles. The van der Waals surface area contributed by atoms with E-state index in [-0.39, 0.29) is 24.3 Å². The van der Waals surface area contributed by atoms with Crippen molar-refractivity contribution >= 4 is 19.9 Å². The summed E-state index contributed by atoms with van der Waals surface area (Å²) in [6.07, 6.45) is 1.20. The van der Waals surface area contributed by atoms with Gasteiger partial charge in [-0.3, -0.25) is 9.59 Å². The third kappa shape index (κ3) is 2.96. The minimum Gasteiger partial charge on any atom is -0.469 e. The molecule has 2 atom stereocenters. The molecule has 0 bridgehead atoms. The molecule has 0 aromatic rings. The van der Waals surface area contributed by atoms with E-state index in [1.807, 2.05) is 0 Å². The standard InChI is InChI=1S/C9H16BNO4/c1-15-9(14)4-2-3-6-7(12)5-8(13)11(6)10/h6-7,12H,2-5,10H2,1H3. The molecule has 1 heterocycles. The zero-order valence-corrected chi connectivity index (χ0v) is 9.10. The number of methoxy groups -OCH3 is 1. The van der Waals surface area contributed by atoms with Crippen LogP contribution in [-0.2, 0) is 14.3 Å². The maximum Gasteiger partial charge on any atom is 0.305 e. The number of rotatable bonds is 4. The number of carbonyl (C=O) groups is 2. The predicted molar refractivity (Wildman–Crippen MR) is 55.7 cm³/mol. The molecule has 0 spiro atoms. The van der Waals surface area contributed by atoms with Gasteiger partial charge < -0.3 is 14.7 Å². The van der Waals surface area contributed by atoms with Crippen molar-refractivity contribution in [1.29, 1.82) is 0 Å². The molecule has 1 fully saturated rings. The van der Waals surface area contributed by atoms with Crippen molar-refractivity contribution in [3.63, 3.8) is 0 Å². The number of nitrogens with zero attached hydrogens (tertiary/aromatic N) is 1. The van der Waals surface area contributed by atoms with Gasteiger partial charge in [0, 0.05) is 12.5 Å². The summed E-state index contributed by atoms with van der Waals surface area (Å²) in [6, 6.07) is -0.151.